The molecule has 7 heterocycles. The molecule has 2 bridgehead atoms. The van der Waals surface area contributed by atoms with E-state index in [1.165, 1.54) is 68.6 Å². The summed E-state index contributed by atoms with van der Waals surface area (Å²) in [5.74, 6) is 0.705. The average Bonchev–Trinajstić information content (AvgIpc) is 4.04. The van der Waals surface area contributed by atoms with Crippen molar-refractivity contribution in [3.63, 3.8) is 0 Å². The summed E-state index contributed by atoms with van der Waals surface area (Å²) in [4.78, 5) is 55.0. The molecule has 2 aromatic heterocycles. The Kier molecular flexibility index (Phi) is 16.7. The summed E-state index contributed by atoms with van der Waals surface area (Å²) < 4.78 is 66.1. The van der Waals surface area contributed by atoms with Gasteiger partial charge in [-0.25, -0.2) is 18.0 Å². The lowest BCUT2D eigenvalue weighted by atomic mass is 9.96. The van der Waals surface area contributed by atoms with Crippen molar-refractivity contribution in [1.29, 1.82) is 0 Å². The van der Waals surface area contributed by atoms with Crippen molar-refractivity contribution < 1.29 is 67.1 Å². The standard InChI is InChI=1S/C40H34F2N6O10.C7H12FN.2CH4O/c1-3-27-30(41)8-5-21-11-24(50)13-28(34(21)27)36-35(42)37-29(15-43-36)38(45-39(44-37)55-2)46-16-22-6-7-23(17-46)47(22)40(52)56-19-20-4-9-32(31(10-20)48(53)54)58-33-14-25(51)12-26(18-49)57-33;8-6-4-7-2-1-3-9(7)5-6;2*1-2/h1,4-5,8-11,13,15,18,22-23,25-26,33,50-51H,6-7,12,14,16-17,19H2,2H3;6-7H,1-5H2;2*2H,1H3/t22?,23?,25-,26-,33-;6-,7?;;/m01../s1. The minimum absolute atomic E-state index is 0.0157. The topological polar surface area (TPSA) is 244 Å². The number of aromatic hydroxyl groups is 1. The lowest BCUT2D eigenvalue weighted by Gasteiger charge is -2.41. The highest BCUT2D eigenvalue weighted by molar-refractivity contribution is 6.03. The summed E-state index contributed by atoms with van der Waals surface area (Å²) >= 11 is 0. The highest BCUT2D eigenvalue weighted by atomic mass is 19.1. The van der Waals surface area contributed by atoms with E-state index in [-0.39, 0.29) is 95.2 Å². The molecular weight excluding hydrogens is 936 g/mol. The second-order valence-electron chi connectivity index (χ2n) is 17.3. The molecule has 0 aliphatic carbocycles. The molecule has 22 heteroatoms. The van der Waals surface area contributed by atoms with Gasteiger partial charge in [-0.1, -0.05) is 18.1 Å². The molecule has 7 atom stereocenters. The van der Waals surface area contributed by atoms with Crippen LogP contribution in [0.15, 0.2) is 48.7 Å². The van der Waals surface area contributed by atoms with Gasteiger partial charge in [0.2, 0.25) is 6.29 Å². The Morgan fingerprint density at radius 2 is 1.76 bits per heavy atom. The lowest BCUT2D eigenvalue weighted by Crippen LogP contribution is -2.56. The van der Waals surface area contributed by atoms with Crippen molar-refractivity contribution >= 4 is 45.6 Å². The van der Waals surface area contributed by atoms with Gasteiger partial charge in [-0.15, -0.1) is 6.42 Å². The number of pyridine rings is 1. The number of halogens is 3. The fraction of sp³-hybridized carbons (Fsp3) is 0.449. The molecule has 0 saturated carbocycles. The second kappa shape index (κ2) is 22.9. The van der Waals surface area contributed by atoms with Crippen LogP contribution in [0.4, 0.5) is 29.5 Å². The van der Waals surface area contributed by atoms with E-state index in [1.807, 2.05) is 4.90 Å². The largest absolute Gasteiger partial charge is 0.508 e. The van der Waals surface area contributed by atoms with Gasteiger partial charge in [0.25, 0.3) is 0 Å². The summed E-state index contributed by atoms with van der Waals surface area (Å²) in [6.45, 7) is 2.14. The molecule has 5 saturated heterocycles. The molecule has 378 valence electrons. The SMILES string of the molecule is C#Cc1c(F)ccc2cc(O)cc(-c3ncc4c(N5CC6CCC(C5)N6C(=O)OCc5ccc(O[C@H]6C[C@@H](O)C[C@@H](C=O)O6)c([N+](=O)[O-])c5)nc(OC)nc4c3F)c12.CO.CO.F[C@@H]1CC2CCCN2C1. The molecule has 19 nitrogen and oxygen atoms in total. The van der Waals surface area contributed by atoms with Crippen LogP contribution in [-0.4, -0.2) is 153 Å². The van der Waals surface area contributed by atoms with E-state index in [4.69, 9.17) is 35.6 Å². The number of aliphatic hydroxyl groups is 3. The Morgan fingerprint density at radius 1 is 1.01 bits per heavy atom. The van der Waals surface area contributed by atoms with Crippen molar-refractivity contribution in [3.8, 4) is 41.1 Å². The maximum atomic E-state index is 16.6. The number of terminal acetylenes is 1. The number of nitro groups is 1. The van der Waals surface area contributed by atoms with Gasteiger partial charge in [0.15, 0.2) is 11.6 Å². The van der Waals surface area contributed by atoms with Crippen LogP contribution < -0.4 is 14.4 Å². The molecule has 5 fully saturated rings. The zero-order valence-corrected chi connectivity index (χ0v) is 39.1. The third kappa shape index (κ3) is 11.0. The monoisotopic (exact) mass is 989 g/mol. The summed E-state index contributed by atoms with van der Waals surface area (Å²) in [6.07, 6.45) is 8.26. The number of aliphatic hydroxyl groups excluding tert-OH is 3. The van der Waals surface area contributed by atoms with Crippen LogP contribution in [0.3, 0.4) is 0 Å². The zero-order chi connectivity index (χ0) is 51.1. The number of ether oxygens (including phenoxy) is 4. The third-order valence-corrected chi connectivity index (χ3v) is 13.0. The first kappa shape index (κ1) is 51.9. The van der Waals surface area contributed by atoms with Gasteiger partial charge in [0.05, 0.1) is 41.2 Å². The van der Waals surface area contributed by atoms with Gasteiger partial charge in [-0.3, -0.25) is 24.9 Å². The number of aromatic nitrogens is 3. The van der Waals surface area contributed by atoms with E-state index < -0.39 is 53.0 Å². The van der Waals surface area contributed by atoms with Crippen LogP contribution >= 0.6 is 0 Å². The maximum absolute atomic E-state index is 16.6. The molecule has 4 N–H and O–H groups in total. The smallest absolute Gasteiger partial charge is 0.410 e. The van der Waals surface area contributed by atoms with Crippen LogP contribution in [0.1, 0.15) is 56.1 Å². The van der Waals surface area contributed by atoms with Crippen molar-refractivity contribution in [2.24, 2.45) is 0 Å². The number of nitro benzene ring substituents is 1. The molecule has 0 radical (unpaired) electrons. The number of phenols is 1. The normalized spacial score (nSPS) is 23.2. The number of piperazine rings is 1. The molecule has 3 unspecified atom stereocenters. The Bertz CT molecular complexity index is 2780. The van der Waals surface area contributed by atoms with Crippen LogP contribution in [0.2, 0.25) is 0 Å². The Morgan fingerprint density at radius 3 is 2.44 bits per heavy atom. The van der Waals surface area contributed by atoms with E-state index >= 15 is 4.39 Å². The van der Waals surface area contributed by atoms with E-state index in [1.54, 1.807) is 4.90 Å². The van der Waals surface area contributed by atoms with Gasteiger partial charge in [0.1, 0.15) is 53.8 Å². The van der Waals surface area contributed by atoms with Gasteiger partial charge in [0, 0.05) is 76.0 Å². The molecule has 5 aliphatic rings. The molecule has 5 aromatic rings. The molecule has 10 rings (SSSR count). The number of carbonyl (C=O) groups excluding carboxylic acids is 2. The van der Waals surface area contributed by atoms with E-state index in [0.717, 1.165) is 27.2 Å². The average molecular weight is 990 g/mol. The Balaban J connectivity index is 0.000000500. The number of hydrogen-bond donors (Lipinski definition) is 4. The fourth-order valence-corrected chi connectivity index (χ4v) is 10.0. The summed E-state index contributed by atoms with van der Waals surface area (Å²) in [5.41, 5.74) is -0.520. The first-order chi connectivity index (χ1) is 34.3. The van der Waals surface area contributed by atoms with E-state index in [0.29, 0.717) is 48.5 Å². The molecule has 5 aliphatic heterocycles. The van der Waals surface area contributed by atoms with Crippen LogP contribution in [-0.2, 0) is 20.9 Å². The highest BCUT2D eigenvalue weighted by Gasteiger charge is 2.45. The third-order valence-electron chi connectivity index (χ3n) is 13.0. The number of amides is 1. The molecule has 71 heavy (non-hydrogen) atoms. The number of anilines is 1. The first-order valence-corrected chi connectivity index (χ1v) is 22.8. The number of nitrogens with zero attached hydrogens (tertiary/aromatic N) is 7. The van der Waals surface area contributed by atoms with Crippen molar-refractivity contribution in [3.05, 3.63) is 81.5 Å². The number of carbonyl (C=O) groups is 2. The molecule has 1 amide bonds. The van der Waals surface area contributed by atoms with Gasteiger partial charge in [-0.2, -0.15) is 9.97 Å². The predicted molar refractivity (Wildman–Crippen MR) is 251 cm³/mol. The number of rotatable bonds is 9. The van der Waals surface area contributed by atoms with E-state index in [2.05, 4.69) is 25.8 Å². The Hall–Kier alpha value is -6.90. The second-order valence-corrected chi connectivity index (χ2v) is 17.3. The number of hydrogen-bond acceptors (Lipinski definition) is 17. The van der Waals surface area contributed by atoms with E-state index in [9.17, 15) is 38.7 Å². The fourth-order valence-electron chi connectivity index (χ4n) is 10.0. The van der Waals surface area contributed by atoms with Crippen molar-refractivity contribution in [1.82, 2.24) is 24.8 Å². The summed E-state index contributed by atoms with van der Waals surface area (Å²) in [7, 11) is 3.34. The Labute approximate surface area is 405 Å². The quantitative estimate of drug-likeness (QED) is 0.0610. The zero-order valence-electron chi connectivity index (χ0n) is 39.1. The van der Waals surface area contributed by atoms with Gasteiger partial charge >= 0.3 is 17.8 Å². The number of benzene rings is 3. The predicted octanol–water partition coefficient (Wildman–Crippen LogP) is 5.57. The summed E-state index contributed by atoms with van der Waals surface area (Å²) in [5, 5.41) is 47.3. The molecule has 0 spiro atoms. The number of fused-ring (bicyclic) bond motifs is 5. The lowest BCUT2D eigenvalue weighted by molar-refractivity contribution is -0.386. The van der Waals surface area contributed by atoms with Crippen LogP contribution in [0, 0.1) is 34.1 Å². The molecule has 3 aromatic carbocycles. The van der Waals surface area contributed by atoms with Crippen LogP contribution in [0.5, 0.6) is 17.5 Å². The van der Waals surface area contributed by atoms with Gasteiger partial charge in [-0.05, 0) is 73.9 Å². The summed E-state index contributed by atoms with van der Waals surface area (Å²) in [6, 6.07) is 9.10. The van der Waals surface area contributed by atoms with Gasteiger partial charge < -0.3 is 49.1 Å². The van der Waals surface area contributed by atoms with Crippen LogP contribution in [0.25, 0.3) is 32.9 Å². The number of aldehydes is 1. The number of phenolic OH excluding ortho intramolecular Hbond substituents is 1. The molecular formula is C49H54F3N7O12. The maximum Gasteiger partial charge on any atom is 0.410 e. The van der Waals surface area contributed by atoms with Crippen molar-refractivity contribution in [2.75, 3.05) is 52.4 Å². The minimum Gasteiger partial charge on any atom is -0.508 e. The number of methoxy groups -OCH3 is 1. The first-order valence-electron chi connectivity index (χ1n) is 22.8. The van der Waals surface area contributed by atoms with Crippen molar-refractivity contribution in [2.45, 2.75) is 94.3 Å². The number of alkyl halides is 1. The highest BCUT2D eigenvalue weighted by Crippen LogP contribution is 2.41. The minimum atomic E-state index is -1.08.